The summed E-state index contributed by atoms with van der Waals surface area (Å²) in [5.74, 6) is -0.237. The molecule has 1 saturated carbocycles. The Labute approximate surface area is 213 Å². The number of hydrogen-bond donors (Lipinski definition) is 2. The second kappa shape index (κ2) is 10.5. The predicted molar refractivity (Wildman–Crippen MR) is 138 cm³/mol. The third-order valence-electron chi connectivity index (χ3n) is 8.56. The molecular weight excluding hydrogens is 458 g/mol. The first-order valence-electron chi connectivity index (χ1n) is 13.3. The van der Waals surface area contributed by atoms with Crippen LogP contribution in [0.3, 0.4) is 0 Å². The van der Waals surface area contributed by atoms with Gasteiger partial charge in [-0.05, 0) is 68.8 Å². The fraction of sp³-hybridized carbons (Fsp3) is 0.667. The zero-order valence-corrected chi connectivity index (χ0v) is 21.5. The molecule has 0 bridgehead atoms. The third kappa shape index (κ3) is 5.14. The van der Waals surface area contributed by atoms with Crippen LogP contribution in [0.25, 0.3) is 0 Å². The van der Waals surface area contributed by atoms with Crippen LogP contribution >= 0.6 is 0 Å². The molecule has 9 nitrogen and oxygen atoms in total. The number of nitrogens with one attached hydrogen (secondary N) is 2. The van der Waals surface area contributed by atoms with Gasteiger partial charge in [0, 0.05) is 45.6 Å². The van der Waals surface area contributed by atoms with Crippen LogP contribution in [0.1, 0.15) is 50.0 Å². The van der Waals surface area contributed by atoms with E-state index in [9.17, 15) is 14.4 Å². The molecule has 2 N–H and O–H groups in total. The first-order chi connectivity index (χ1) is 17.4. The highest BCUT2D eigenvalue weighted by atomic mass is 16.5. The van der Waals surface area contributed by atoms with Crippen LogP contribution in [0, 0.1) is 5.41 Å². The molecule has 5 rings (SSSR count). The molecule has 4 aliphatic rings. The maximum absolute atomic E-state index is 12.4. The number of nitrogens with zero attached hydrogens (tertiary/aromatic N) is 3. The van der Waals surface area contributed by atoms with E-state index in [0.717, 1.165) is 44.8 Å². The van der Waals surface area contributed by atoms with E-state index in [0.29, 0.717) is 36.0 Å². The number of amides is 3. The van der Waals surface area contributed by atoms with Gasteiger partial charge in [-0.3, -0.25) is 19.7 Å². The summed E-state index contributed by atoms with van der Waals surface area (Å²) in [5.41, 5.74) is 3.42. The number of carbonyl (C=O) groups excluding carboxylic acids is 3. The fourth-order valence-electron chi connectivity index (χ4n) is 6.25. The van der Waals surface area contributed by atoms with Crippen LogP contribution in [-0.2, 0) is 19.1 Å². The van der Waals surface area contributed by atoms with Gasteiger partial charge >= 0.3 is 0 Å². The number of rotatable bonds is 9. The van der Waals surface area contributed by atoms with Gasteiger partial charge in [0.2, 0.25) is 18.2 Å². The van der Waals surface area contributed by atoms with E-state index in [-0.39, 0.29) is 12.3 Å². The molecule has 1 spiro atoms. The first-order valence-corrected chi connectivity index (χ1v) is 13.3. The molecule has 3 amide bonds. The zero-order valence-electron chi connectivity index (χ0n) is 21.5. The summed E-state index contributed by atoms with van der Waals surface area (Å²) in [5, 5.41) is 5.74. The van der Waals surface area contributed by atoms with Gasteiger partial charge in [-0.2, -0.15) is 0 Å². The molecule has 9 heteroatoms. The lowest BCUT2D eigenvalue weighted by Crippen LogP contribution is -2.62. The minimum Gasteiger partial charge on any atom is -0.377 e. The third-order valence-corrected chi connectivity index (χ3v) is 8.56. The Hall–Kier alpha value is -2.49. The van der Waals surface area contributed by atoms with E-state index >= 15 is 0 Å². The molecule has 1 atom stereocenters. The van der Waals surface area contributed by atoms with Crippen molar-refractivity contribution in [1.82, 2.24) is 15.5 Å². The molecule has 3 saturated heterocycles. The molecule has 0 radical (unpaired) electrons. The number of imide groups is 1. The monoisotopic (exact) mass is 497 g/mol. The second-order valence-electron chi connectivity index (χ2n) is 11.2. The minimum atomic E-state index is -0.675. The van der Waals surface area contributed by atoms with E-state index in [1.807, 2.05) is 25.1 Å². The largest absolute Gasteiger partial charge is 0.377 e. The van der Waals surface area contributed by atoms with Crippen LogP contribution < -0.4 is 20.4 Å². The average Bonchev–Trinajstić information content (AvgIpc) is 2.81. The first kappa shape index (κ1) is 25.2. The molecule has 3 aliphatic heterocycles. The Bertz CT molecular complexity index is 978. The molecule has 1 aliphatic carbocycles. The SMILES string of the molecule is CN(C)c1cc(C2CCN(CCOC3CC4(CNC4)C3)CC2)ccc1N(C=O)C1CCC(=O)NC1=O. The lowest BCUT2D eigenvalue weighted by molar-refractivity contribution is -0.134. The van der Waals surface area contributed by atoms with E-state index in [4.69, 9.17) is 4.74 Å². The van der Waals surface area contributed by atoms with Crippen molar-refractivity contribution in [2.75, 3.05) is 63.2 Å². The Morgan fingerprint density at radius 1 is 1.11 bits per heavy atom. The van der Waals surface area contributed by atoms with Crippen LogP contribution in [0.2, 0.25) is 0 Å². The quantitative estimate of drug-likeness (QED) is 0.394. The maximum Gasteiger partial charge on any atom is 0.249 e. The standard InChI is InChI=1S/C27H39N5O4/c1-30(2)24-13-20(3-4-22(24)32(18-33)23-5-6-25(34)29-26(23)35)19-7-9-31(10-8-19)11-12-36-21-14-27(15-21)16-28-17-27/h3-4,13,18-19,21,23,28H,5-12,14-17H2,1-2H3,(H,29,34,35). The smallest absolute Gasteiger partial charge is 0.249 e. The number of carbonyl (C=O) groups is 3. The molecule has 36 heavy (non-hydrogen) atoms. The van der Waals surface area contributed by atoms with Crippen molar-refractivity contribution < 1.29 is 19.1 Å². The van der Waals surface area contributed by atoms with Gasteiger partial charge in [0.1, 0.15) is 6.04 Å². The van der Waals surface area contributed by atoms with Crippen molar-refractivity contribution in [3.63, 3.8) is 0 Å². The van der Waals surface area contributed by atoms with Crippen molar-refractivity contribution in [3.8, 4) is 0 Å². The van der Waals surface area contributed by atoms with Gasteiger partial charge in [0.15, 0.2) is 0 Å². The number of benzene rings is 1. The highest BCUT2D eigenvalue weighted by Gasteiger charge is 2.48. The second-order valence-corrected chi connectivity index (χ2v) is 11.2. The Morgan fingerprint density at radius 3 is 2.47 bits per heavy atom. The number of anilines is 2. The van der Waals surface area contributed by atoms with Crippen LogP contribution in [0.5, 0.6) is 0 Å². The maximum atomic E-state index is 12.4. The molecule has 1 aromatic carbocycles. The van der Waals surface area contributed by atoms with Crippen molar-refractivity contribution in [1.29, 1.82) is 0 Å². The van der Waals surface area contributed by atoms with Crippen molar-refractivity contribution in [2.45, 2.75) is 56.6 Å². The highest BCUT2D eigenvalue weighted by Crippen LogP contribution is 2.45. The topological polar surface area (TPSA) is 94.2 Å². The lowest BCUT2D eigenvalue weighted by atomic mass is 9.63. The highest BCUT2D eigenvalue weighted by molar-refractivity contribution is 6.04. The molecule has 1 aromatic rings. The Kier molecular flexibility index (Phi) is 7.32. The summed E-state index contributed by atoms with van der Waals surface area (Å²) in [6, 6.07) is 5.52. The normalized spacial score (nSPS) is 24.7. The van der Waals surface area contributed by atoms with Gasteiger partial charge in [0.25, 0.3) is 0 Å². The number of ether oxygens (including phenoxy) is 1. The summed E-state index contributed by atoms with van der Waals surface area (Å²) in [6.07, 6.45) is 6.35. The number of hydrogen-bond acceptors (Lipinski definition) is 7. The molecule has 1 unspecified atom stereocenters. The molecular formula is C27H39N5O4. The molecule has 4 fully saturated rings. The van der Waals surface area contributed by atoms with Gasteiger partial charge in [-0.1, -0.05) is 6.07 Å². The Morgan fingerprint density at radius 2 is 1.86 bits per heavy atom. The minimum absolute atomic E-state index is 0.235. The van der Waals surface area contributed by atoms with Crippen molar-refractivity contribution >= 4 is 29.6 Å². The average molecular weight is 498 g/mol. The summed E-state index contributed by atoms with van der Waals surface area (Å²) < 4.78 is 6.12. The molecule has 196 valence electrons. The van der Waals surface area contributed by atoms with E-state index < -0.39 is 11.9 Å². The van der Waals surface area contributed by atoms with E-state index in [2.05, 4.69) is 27.7 Å². The van der Waals surface area contributed by atoms with Gasteiger partial charge < -0.3 is 24.8 Å². The van der Waals surface area contributed by atoms with E-state index in [1.54, 1.807) is 0 Å². The summed E-state index contributed by atoms with van der Waals surface area (Å²) >= 11 is 0. The van der Waals surface area contributed by atoms with Gasteiger partial charge in [-0.25, -0.2) is 0 Å². The van der Waals surface area contributed by atoms with Crippen LogP contribution in [-0.4, -0.2) is 88.7 Å². The summed E-state index contributed by atoms with van der Waals surface area (Å²) in [7, 11) is 3.90. The number of piperidine rings is 2. The van der Waals surface area contributed by atoms with Gasteiger partial charge in [0.05, 0.1) is 24.1 Å². The van der Waals surface area contributed by atoms with Gasteiger partial charge in [-0.15, -0.1) is 0 Å². The van der Waals surface area contributed by atoms with E-state index in [1.165, 1.54) is 36.4 Å². The summed E-state index contributed by atoms with van der Waals surface area (Å²) in [4.78, 5) is 42.0. The lowest BCUT2D eigenvalue weighted by Gasteiger charge is -2.54. The zero-order chi connectivity index (χ0) is 25.3. The van der Waals surface area contributed by atoms with Crippen LogP contribution in [0.4, 0.5) is 11.4 Å². The molecule has 3 heterocycles. The predicted octanol–water partition coefficient (Wildman–Crippen LogP) is 1.47. The fourth-order valence-corrected chi connectivity index (χ4v) is 6.25. The van der Waals surface area contributed by atoms with Crippen molar-refractivity contribution in [2.24, 2.45) is 5.41 Å². The van der Waals surface area contributed by atoms with Crippen LogP contribution in [0.15, 0.2) is 18.2 Å². The Balaban J connectivity index is 1.16. The molecule has 0 aromatic heterocycles. The number of likely N-dealkylation sites (tertiary alicyclic amines) is 1. The summed E-state index contributed by atoms with van der Waals surface area (Å²) in [6.45, 7) is 6.27. The van der Waals surface area contributed by atoms with Crippen molar-refractivity contribution in [3.05, 3.63) is 23.8 Å².